The first kappa shape index (κ1) is 17.7. The van der Waals surface area contributed by atoms with E-state index >= 15 is 0 Å². The van der Waals surface area contributed by atoms with Crippen LogP contribution in [0.3, 0.4) is 0 Å². The van der Waals surface area contributed by atoms with Gasteiger partial charge in [0.15, 0.2) is 0 Å². The molecule has 0 aromatic heterocycles. The molecule has 5 heteroatoms. The van der Waals surface area contributed by atoms with Crippen molar-refractivity contribution in [3.8, 4) is 0 Å². The lowest BCUT2D eigenvalue weighted by atomic mass is 9.95. The largest absolute Gasteiger partial charge is 0.378 e. The van der Waals surface area contributed by atoms with Crippen molar-refractivity contribution in [1.82, 2.24) is 9.80 Å². The van der Waals surface area contributed by atoms with Gasteiger partial charge < -0.3 is 14.5 Å². The number of hydrogen-bond donors (Lipinski definition) is 0. The first-order valence-corrected chi connectivity index (χ1v) is 9.03. The number of amides is 2. The Kier molecular flexibility index (Phi) is 5.87. The number of rotatable bonds is 3. The van der Waals surface area contributed by atoms with Crippen molar-refractivity contribution in [3.63, 3.8) is 0 Å². The van der Waals surface area contributed by atoms with Gasteiger partial charge in [-0.25, -0.2) is 0 Å². The number of aryl methyl sites for hydroxylation is 1. The summed E-state index contributed by atoms with van der Waals surface area (Å²) < 4.78 is 5.30. The van der Waals surface area contributed by atoms with Crippen LogP contribution in [0.4, 0.5) is 0 Å². The highest BCUT2D eigenvalue weighted by atomic mass is 16.5. The summed E-state index contributed by atoms with van der Waals surface area (Å²) in [7, 11) is 0. The SMILES string of the molecule is Cc1cccc(/C=C/C(=O)N2CCC(C(=O)N3CCOCC3)CC2)c1. The van der Waals surface area contributed by atoms with Crippen molar-refractivity contribution in [2.45, 2.75) is 19.8 Å². The van der Waals surface area contributed by atoms with Gasteiger partial charge in [-0.15, -0.1) is 0 Å². The van der Waals surface area contributed by atoms with Gasteiger partial charge in [-0.1, -0.05) is 29.8 Å². The van der Waals surface area contributed by atoms with Crippen LogP contribution in [-0.4, -0.2) is 61.0 Å². The molecule has 0 unspecified atom stereocenters. The third kappa shape index (κ3) is 4.69. The van der Waals surface area contributed by atoms with E-state index in [9.17, 15) is 9.59 Å². The molecule has 1 aromatic rings. The number of carbonyl (C=O) groups is 2. The van der Waals surface area contributed by atoms with Gasteiger partial charge in [0.1, 0.15) is 0 Å². The monoisotopic (exact) mass is 342 g/mol. The van der Waals surface area contributed by atoms with Gasteiger partial charge in [0.2, 0.25) is 11.8 Å². The Balaban J connectivity index is 1.49. The van der Waals surface area contributed by atoms with Crippen LogP contribution in [-0.2, 0) is 14.3 Å². The highest BCUT2D eigenvalue weighted by Crippen LogP contribution is 2.20. The Morgan fingerprint density at radius 2 is 1.80 bits per heavy atom. The van der Waals surface area contributed by atoms with Gasteiger partial charge in [0, 0.05) is 38.2 Å². The van der Waals surface area contributed by atoms with Gasteiger partial charge >= 0.3 is 0 Å². The van der Waals surface area contributed by atoms with Crippen molar-refractivity contribution in [2.75, 3.05) is 39.4 Å². The zero-order valence-corrected chi connectivity index (χ0v) is 14.8. The fourth-order valence-electron chi connectivity index (χ4n) is 3.44. The number of morpholine rings is 1. The van der Waals surface area contributed by atoms with E-state index in [1.54, 1.807) is 6.08 Å². The standard InChI is InChI=1S/C20H26N2O3/c1-16-3-2-4-17(15-16)5-6-19(23)21-9-7-18(8-10-21)20(24)22-11-13-25-14-12-22/h2-6,15,18H,7-14H2,1H3/b6-5+. The molecule has 0 aliphatic carbocycles. The number of ether oxygens (including phenoxy) is 1. The maximum absolute atomic E-state index is 12.5. The summed E-state index contributed by atoms with van der Waals surface area (Å²) in [5.41, 5.74) is 2.21. The number of carbonyl (C=O) groups excluding carboxylic acids is 2. The van der Waals surface area contributed by atoms with Crippen LogP contribution in [0.15, 0.2) is 30.3 Å². The molecule has 2 amide bonds. The maximum atomic E-state index is 12.5. The second-order valence-corrected chi connectivity index (χ2v) is 6.78. The van der Waals surface area contributed by atoms with Crippen LogP contribution in [0.2, 0.25) is 0 Å². The summed E-state index contributed by atoms with van der Waals surface area (Å²) in [4.78, 5) is 28.6. The molecule has 0 atom stereocenters. The summed E-state index contributed by atoms with van der Waals surface area (Å²) in [6, 6.07) is 8.07. The Labute approximate surface area is 149 Å². The van der Waals surface area contributed by atoms with Gasteiger partial charge in [-0.3, -0.25) is 9.59 Å². The quantitative estimate of drug-likeness (QED) is 0.791. The van der Waals surface area contributed by atoms with Crippen molar-refractivity contribution in [2.24, 2.45) is 5.92 Å². The molecule has 2 fully saturated rings. The van der Waals surface area contributed by atoms with Gasteiger partial charge in [-0.2, -0.15) is 0 Å². The molecule has 0 spiro atoms. The second kappa shape index (κ2) is 8.30. The van der Waals surface area contributed by atoms with E-state index in [-0.39, 0.29) is 17.7 Å². The van der Waals surface area contributed by atoms with Crippen LogP contribution >= 0.6 is 0 Å². The molecule has 2 heterocycles. The molecule has 0 bridgehead atoms. The van der Waals surface area contributed by atoms with Crippen LogP contribution < -0.4 is 0 Å². The number of benzene rings is 1. The van der Waals surface area contributed by atoms with E-state index in [4.69, 9.17) is 4.74 Å². The van der Waals surface area contributed by atoms with E-state index in [0.29, 0.717) is 39.4 Å². The maximum Gasteiger partial charge on any atom is 0.246 e. The molecule has 2 aliphatic heterocycles. The predicted octanol–water partition coefficient (Wildman–Crippen LogP) is 2.11. The number of nitrogens with zero attached hydrogens (tertiary/aromatic N) is 2. The highest BCUT2D eigenvalue weighted by Gasteiger charge is 2.30. The number of hydrogen-bond acceptors (Lipinski definition) is 3. The Bertz CT molecular complexity index is 642. The first-order valence-electron chi connectivity index (χ1n) is 9.03. The summed E-state index contributed by atoms with van der Waals surface area (Å²) in [6.45, 7) is 5.99. The van der Waals surface area contributed by atoms with E-state index in [2.05, 4.69) is 6.07 Å². The molecule has 0 N–H and O–H groups in total. The fraction of sp³-hybridized carbons (Fsp3) is 0.500. The van der Waals surface area contributed by atoms with Crippen LogP contribution in [0.1, 0.15) is 24.0 Å². The molecular weight excluding hydrogens is 316 g/mol. The Morgan fingerprint density at radius 1 is 1.08 bits per heavy atom. The minimum Gasteiger partial charge on any atom is -0.378 e. The predicted molar refractivity (Wildman–Crippen MR) is 96.9 cm³/mol. The van der Waals surface area contributed by atoms with E-state index < -0.39 is 0 Å². The average molecular weight is 342 g/mol. The van der Waals surface area contributed by atoms with E-state index in [0.717, 1.165) is 18.4 Å². The zero-order valence-electron chi connectivity index (χ0n) is 14.8. The lowest BCUT2D eigenvalue weighted by Gasteiger charge is -2.35. The summed E-state index contributed by atoms with van der Waals surface area (Å²) in [5, 5.41) is 0. The average Bonchev–Trinajstić information content (AvgIpc) is 2.66. The smallest absolute Gasteiger partial charge is 0.246 e. The lowest BCUT2D eigenvalue weighted by Crippen LogP contribution is -2.47. The topological polar surface area (TPSA) is 49.9 Å². The van der Waals surface area contributed by atoms with Crippen LogP contribution in [0.5, 0.6) is 0 Å². The minimum absolute atomic E-state index is 0.0266. The van der Waals surface area contributed by atoms with Crippen molar-refractivity contribution < 1.29 is 14.3 Å². The molecule has 1 aromatic carbocycles. The van der Waals surface area contributed by atoms with Gasteiger partial charge in [-0.05, 0) is 31.4 Å². The van der Waals surface area contributed by atoms with Crippen molar-refractivity contribution in [1.29, 1.82) is 0 Å². The van der Waals surface area contributed by atoms with Crippen molar-refractivity contribution >= 4 is 17.9 Å². The molecule has 2 aliphatic rings. The number of piperidine rings is 1. The normalized spacial score (nSPS) is 19.4. The van der Waals surface area contributed by atoms with Gasteiger partial charge in [0.05, 0.1) is 13.2 Å². The fourth-order valence-corrected chi connectivity index (χ4v) is 3.44. The van der Waals surface area contributed by atoms with Crippen molar-refractivity contribution in [3.05, 3.63) is 41.5 Å². The molecule has 2 saturated heterocycles. The van der Waals surface area contributed by atoms with Crippen LogP contribution in [0, 0.1) is 12.8 Å². The molecule has 0 saturated carbocycles. The molecule has 5 nitrogen and oxygen atoms in total. The third-order valence-electron chi connectivity index (χ3n) is 4.94. The molecule has 134 valence electrons. The summed E-state index contributed by atoms with van der Waals surface area (Å²) in [5.74, 6) is 0.299. The van der Waals surface area contributed by atoms with Gasteiger partial charge in [0.25, 0.3) is 0 Å². The van der Waals surface area contributed by atoms with Crippen LogP contribution in [0.25, 0.3) is 6.08 Å². The third-order valence-corrected chi connectivity index (χ3v) is 4.94. The second-order valence-electron chi connectivity index (χ2n) is 6.78. The molecule has 0 radical (unpaired) electrons. The lowest BCUT2D eigenvalue weighted by molar-refractivity contribution is -0.142. The summed E-state index contributed by atoms with van der Waals surface area (Å²) >= 11 is 0. The zero-order chi connectivity index (χ0) is 17.6. The highest BCUT2D eigenvalue weighted by molar-refractivity contribution is 5.92. The number of likely N-dealkylation sites (tertiary alicyclic amines) is 1. The first-order chi connectivity index (χ1) is 12.1. The molecule has 25 heavy (non-hydrogen) atoms. The van der Waals surface area contributed by atoms with E-state index in [1.165, 1.54) is 5.56 Å². The summed E-state index contributed by atoms with van der Waals surface area (Å²) in [6.07, 6.45) is 5.00. The Morgan fingerprint density at radius 3 is 2.48 bits per heavy atom. The molecule has 3 rings (SSSR count). The Hall–Kier alpha value is -2.14. The minimum atomic E-state index is 0.0266. The van der Waals surface area contributed by atoms with E-state index in [1.807, 2.05) is 41.0 Å². The molecular formula is C20H26N2O3.